The lowest BCUT2D eigenvalue weighted by atomic mass is 10.1. The van der Waals surface area contributed by atoms with Crippen molar-refractivity contribution in [1.82, 2.24) is 9.97 Å². The van der Waals surface area contributed by atoms with E-state index in [0.717, 1.165) is 5.69 Å². The van der Waals surface area contributed by atoms with Crippen LogP contribution in [-0.2, 0) is 17.3 Å². The van der Waals surface area contributed by atoms with Gasteiger partial charge in [-0.05, 0) is 5.56 Å². The van der Waals surface area contributed by atoms with E-state index < -0.39 is 10.9 Å². The fourth-order valence-corrected chi connectivity index (χ4v) is 1.51. The van der Waals surface area contributed by atoms with Crippen LogP contribution in [0.1, 0.15) is 11.3 Å². The molecular formula is C13H16N4O3S. The third-order valence-electron chi connectivity index (χ3n) is 2.40. The van der Waals surface area contributed by atoms with E-state index in [9.17, 15) is 8.42 Å². The van der Waals surface area contributed by atoms with E-state index >= 15 is 0 Å². The lowest BCUT2D eigenvalue weighted by Gasteiger charge is -2.07. The van der Waals surface area contributed by atoms with Crippen molar-refractivity contribution in [2.45, 2.75) is 6.42 Å². The van der Waals surface area contributed by atoms with Gasteiger partial charge < -0.3 is 10.5 Å². The summed E-state index contributed by atoms with van der Waals surface area (Å²) >= 11 is 0. The molecule has 0 aliphatic carbocycles. The molecular weight excluding hydrogens is 292 g/mol. The quantitative estimate of drug-likeness (QED) is 0.641. The molecule has 0 aliphatic heterocycles. The molecule has 0 spiro atoms. The van der Waals surface area contributed by atoms with Crippen molar-refractivity contribution in [3.8, 4) is 5.75 Å². The number of methoxy groups -OCH3 is 1. The molecule has 1 aromatic carbocycles. The Morgan fingerprint density at radius 1 is 1.33 bits per heavy atom. The predicted octanol–water partition coefficient (Wildman–Crippen LogP) is 0.872. The highest BCUT2D eigenvalue weighted by molar-refractivity contribution is 7.71. The fraction of sp³-hybridized carbons (Fsp3) is 0.154. The molecule has 0 saturated heterocycles. The van der Waals surface area contributed by atoms with E-state index in [4.69, 9.17) is 10.5 Å². The first-order chi connectivity index (χ1) is 10.1. The number of nitrogen functional groups attached to an aromatic ring is 1. The lowest BCUT2D eigenvalue weighted by Crippen LogP contribution is -2.02. The number of rotatable bonds is 4. The summed E-state index contributed by atoms with van der Waals surface area (Å²) in [5, 5.41) is 0. The SMILES string of the molecule is C=N[SH](=O)=O.COc1cnc(N)nc1Cc1ccccc1. The highest BCUT2D eigenvalue weighted by atomic mass is 32.2. The number of nitrogens with zero attached hydrogens (tertiary/aromatic N) is 3. The smallest absolute Gasteiger partial charge is 0.242 e. The third-order valence-corrected chi connectivity index (χ3v) is 2.63. The van der Waals surface area contributed by atoms with Crippen LogP contribution in [0.3, 0.4) is 0 Å². The maximum Gasteiger partial charge on any atom is 0.242 e. The molecule has 0 radical (unpaired) electrons. The molecule has 2 N–H and O–H groups in total. The lowest BCUT2D eigenvalue weighted by molar-refractivity contribution is 0.406. The zero-order chi connectivity index (χ0) is 15.7. The van der Waals surface area contributed by atoms with Gasteiger partial charge in [-0.3, -0.25) is 0 Å². The van der Waals surface area contributed by atoms with E-state index in [-0.39, 0.29) is 5.95 Å². The molecule has 1 aromatic heterocycles. The average Bonchev–Trinajstić information content (AvgIpc) is 2.49. The van der Waals surface area contributed by atoms with Crippen LogP contribution in [0.4, 0.5) is 5.95 Å². The third kappa shape index (κ3) is 6.00. The van der Waals surface area contributed by atoms with Gasteiger partial charge in [0.05, 0.1) is 19.0 Å². The number of thiol groups is 1. The van der Waals surface area contributed by atoms with Crippen molar-refractivity contribution >= 4 is 23.6 Å². The number of ether oxygens (including phenoxy) is 1. The number of anilines is 1. The van der Waals surface area contributed by atoms with Crippen LogP contribution in [-0.4, -0.2) is 32.2 Å². The summed E-state index contributed by atoms with van der Waals surface area (Å²) in [6.45, 7) is 2.71. The van der Waals surface area contributed by atoms with Gasteiger partial charge >= 0.3 is 0 Å². The molecule has 7 nitrogen and oxygen atoms in total. The molecule has 8 heteroatoms. The second-order valence-corrected chi connectivity index (χ2v) is 4.54. The minimum atomic E-state index is -2.58. The Balaban J connectivity index is 0.000000383. The number of hydrogen-bond acceptors (Lipinski definition) is 6. The average molecular weight is 308 g/mol. The van der Waals surface area contributed by atoms with Crippen LogP contribution in [0.2, 0.25) is 0 Å². The molecule has 0 bridgehead atoms. The Morgan fingerprint density at radius 2 is 1.95 bits per heavy atom. The highest BCUT2D eigenvalue weighted by Gasteiger charge is 2.06. The van der Waals surface area contributed by atoms with E-state index in [1.807, 2.05) is 30.3 Å². The van der Waals surface area contributed by atoms with Gasteiger partial charge in [0.2, 0.25) is 16.8 Å². The maximum absolute atomic E-state index is 9.18. The Labute approximate surface area is 124 Å². The van der Waals surface area contributed by atoms with E-state index in [1.54, 1.807) is 13.3 Å². The van der Waals surface area contributed by atoms with E-state index in [0.29, 0.717) is 12.2 Å². The summed E-state index contributed by atoms with van der Waals surface area (Å²) < 4.78 is 26.1. The standard InChI is InChI=1S/C12H13N3O.CH3NO2S/c1-16-11-8-14-12(13)15-10(11)7-9-5-3-2-4-6-9;1-2-5(3)4/h2-6,8H,7H2,1H3,(H2,13,14,15);5H,1H2. The maximum atomic E-state index is 9.18. The van der Waals surface area contributed by atoms with Crippen LogP contribution in [0.15, 0.2) is 40.9 Å². The molecule has 0 atom stereocenters. The van der Waals surface area contributed by atoms with Crippen molar-refractivity contribution in [3.63, 3.8) is 0 Å². The second kappa shape index (κ2) is 8.64. The largest absolute Gasteiger partial charge is 0.493 e. The molecule has 0 amide bonds. The Kier molecular flexibility index (Phi) is 6.82. The second-order valence-electron chi connectivity index (χ2n) is 3.78. The van der Waals surface area contributed by atoms with Gasteiger partial charge in [-0.2, -0.15) is 4.40 Å². The molecule has 0 saturated carbocycles. The monoisotopic (exact) mass is 308 g/mol. The number of benzene rings is 1. The first-order valence-corrected chi connectivity index (χ1v) is 7.00. The first kappa shape index (κ1) is 16.6. The van der Waals surface area contributed by atoms with Crippen LogP contribution < -0.4 is 10.5 Å². The van der Waals surface area contributed by atoms with E-state index in [1.165, 1.54) is 5.56 Å². The molecule has 21 heavy (non-hydrogen) atoms. The van der Waals surface area contributed by atoms with Crippen molar-refractivity contribution in [1.29, 1.82) is 0 Å². The highest BCUT2D eigenvalue weighted by Crippen LogP contribution is 2.18. The summed E-state index contributed by atoms with van der Waals surface area (Å²) in [5.41, 5.74) is 7.53. The van der Waals surface area contributed by atoms with Crippen molar-refractivity contribution in [2.75, 3.05) is 12.8 Å². The van der Waals surface area contributed by atoms with Gasteiger partial charge in [0, 0.05) is 13.1 Å². The van der Waals surface area contributed by atoms with Crippen LogP contribution in [0, 0.1) is 0 Å². The summed E-state index contributed by atoms with van der Waals surface area (Å²) in [6, 6.07) is 10.0. The Hall–Kier alpha value is -2.48. The topological polar surface area (TPSA) is 108 Å². The van der Waals surface area contributed by atoms with Gasteiger partial charge in [0.15, 0.2) is 5.75 Å². The summed E-state index contributed by atoms with van der Waals surface area (Å²) in [7, 11) is -0.984. The van der Waals surface area contributed by atoms with Crippen LogP contribution in [0.5, 0.6) is 5.75 Å². The van der Waals surface area contributed by atoms with Gasteiger partial charge in [0.1, 0.15) is 0 Å². The minimum Gasteiger partial charge on any atom is -0.493 e. The van der Waals surface area contributed by atoms with Crippen molar-refractivity contribution in [2.24, 2.45) is 4.40 Å². The summed E-state index contributed by atoms with van der Waals surface area (Å²) in [5.74, 6) is 0.935. The molecule has 1 heterocycles. The number of aromatic nitrogens is 2. The van der Waals surface area contributed by atoms with Crippen molar-refractivity contribution < 1.29 is 13.2 Å². The molecule has 112 valence electrons. The summed E-state index contributed by atoms with van der Waals surface area (Å²) in [6.07, 6.45) is 2.29. The van der Waals surface area contributed by atoms with Gasteiger partial charge in [-0.1, -0.05) is 30.3 Å². The Morgan fingerprint density at radius 3 is 2.48 bits per heavy atom. The molecule has 0 unspecified atom stereocenters. The zero-order valence-corrected chi connectivity index (χ0v) is 12.4. The normalized spacial score (nSPS) is 9.62. The predicted molar refractivity (Wildman–Crippen MR) is 82.1 cm³/mol. The number of hydrogen-bond donors (Lipinski definition) is 2. The minimum absolute atomic E-state index is 0.270. The summed E-state index contributed by atoms with van der Waals surface area (Å²) in [4.78, 5) is 8.07. The zero-order valence-electron chi connectivity index (χ0n) is 11.5. The molecule has 2 rings (SSSR count). The molecule has 2 aromatic rings. The molecule has 0 fully saturated rings. The van der Waals surface area contributed by atoms with Crippen LogP contribution in [0.25, 0.3) is 0 Å². The van der Waals surface area contributed by atoms with Gasteiger partial charge in [-0.15, -0.1) is 0 Å². The number of nitrogens with two attached hydrogens (primary N) is 1. The van der Waals surface area contributed by atoms with Crippen molar-refractivity contribution in [3.05, 3.63) is 47.8 Å². The first-order valence-electron chi connectivity index (χ1n) is 5.87. The van der Waals surface area contributed by atoms with Gasteiger partial charge in [-0.25, -0.2) is 18.4 Å². The van der Waals surface area contributed by atoms with Gasteiger partial charge in [0.25, 0.3) is 0 Å². The molecule has 0 aliphatic rings. The van der Waals surface area contributed by atoms with E-state index in [2.05, 4.69) is 21.1 Å². The fourth-order valence-electron chi connectivity index (χ4n) is 1.51. The van der Waals surface area contributed by atoms with Crippen LogP contribution >= 0.6 is 0 Å². The Bertz CT molecular complexity index is 652.